The number of benzene rings is 1. The number of rotatable bonds is 4. The lowest BCUT2D eigenvalue weighted by Crippen LogP contribution is -2.16. The van der Waals surface area contributed by atoms with Crippen molar-refractivity contribution in [2.45, 2.75) is 18.9 Å². The highest BCUT2D eigenvalue weighted by molar-refractivity contribution is 5.24. The van der Waals surface area contributed by atoms with Gasteiger partial charge in [0, 0.05) is 11.6 Å². The molecule has 15 heavy (non-hydrogen) atoms. The molecule has 0 saturated heterocycles. The lowest BCUT2D eigenvalue weighted by atomic mass is 10.0. The largest absolute Gasteiger partial charge is 0.330 e. The minimum absolute atomic E-state index is 0.327. The topological polar surface area (TPSA) is 52.0 Å². The summed E-state index contributed by atoms with van der Waals surface area (Å²) in [6, 6.07) is 0.754. The van der Waals surface area contributed by atoms with Crippen LogP contribution in [0.4, 0.5) is 13.2 Å². The van der Waals surface area contributed by atoms with Crippen molar-refractivity contribution in [3.8, 4) is 0 Å². The van der Waals surface area contributed by atoms with Gasteiger partial charge in [0.05, 0.1) is 0 Å². The molecule has 0 heterocycles. The molecular formula is C10H13F3N2. The molecule has 1 aromatic rings. The maximum Gasteiger partial charge on any atom is 0.166 e. The second kappa shape index (κ2) is 5.14. The van der Waals surface area contributed by atoms with E-state index in [0.29, 0.717) is 19.4 Å². The van der Waals surface area contributed by atoms with E-state index < -0.39 is 29.1 Å². The van der Waals surface area contributed by atoms with Gasteiger partial charge in [-0.25, -0.2) is 13.2 Å². The molecule has 1 atom stereocenters. The summed E-state index contributed by atoms with van der Waals surface area (Å²) in [5.74, 6) is -3.12. The van der Waals surface area contributed by atoms with E-state index in [1.807, 2.05) is 0 Å². The average molecular weight is 218 g/mol. The first-order valence-corrected chi connectivity index (χ1v) is 4.67. The van der Waals surface area contributed by atoms with Crippen molar-refractivity contribution in [3.05, 3.63) is 35.1 Å². The zero-order chi connectivity index (χ0) is 11.4. The second-order valence-corrected chi connectivity index (χ2v) is 3.29. The van der Waals surface area contributed by atoms with Crippen LogP contribution in [-0.4, -0.2) is 6.54 Å². The maximum atomic E-state index is 13.2. The van der Waals surface area contributed by atoms with Crippen molar-refractivity contribution in [1.82, 2.24) is 0 Å². The molecule has 0 aliphatic heterocycles. The van der Waals surface area contributed by atoms with E-state index in [1.165, 1.54) is 0 Å². The van der Waals surface area contributed by atoms with Gasteiger partial charge in [-0.15, -0.1) is 0 Å². The van der Waals surface area contributed by atoms with Crippen molar-refractivity contribution in [1.29, 1.82) is 0 Å². The maximum absolute atomic E-state index is 13.2. The molecule has 1 rings (SSSR count). The van der Waals surface area contributed by atoms with E-state index >= 15 is 0 Å². The van der Waals surface area contributed by atoms with Gasteiger partial charge in [-0.05, 0) is 31.5 Å². The zero-order valence-corrected chi connectivity index (χ0v) is 8.14. The minimum Gasteiger partial charge on any atom is -0.330 e. The van der Waals surface area contributed by atoms with Crippen LogP contribution >= 0.6 is 0 Å². The molecule has 0 radical (unpaired) electrons. The van der Waals surface area contributed by atoms with E-state index in [-0.39, 0.29) is 0 Å². The first-order chi connectivity index (χ1) is 7.07. The Hall–Kier alpha value is -1.07. The minimum atomic E-state index is -1.21. The molecule has 0 bridgehead atoms. The molecule has 5 heteroatoms. The predicted octanol–water partition coefficient (Wildman–Crippen LogP) is 1.84. The van der Waals surface area contributed by atoms with Crippen LogP contribution in [0, 0.1) is 17.5 Å². The standard InChI is InChI=1S/C10H13F3N2/c11-6-3-4-7(12)10(13)9(6)8(15)2-1-5-14/h3-4,8H,1-2,5,14-15H2/t8-/m1/s1. The molecule has 84 valence electrons. The normalized spacial score (nSPS) is 12.9. The zero-order valence-electron chi connectivity index (χ0n) is 8.14. The summed E-state index contributed by atoms with van der Waals surface area (Å²) in [5.41, 5.74) is 10.4. The summed E-state index contributed by atoms with van der Waals surface area (Å²) < 4.78 is 39.2. The van der Waals surface area contributed by atoms with Gasteiger partial charge >= 0.3 is 0 Å². The summed E-state index contributed by atoms with van der Waals surface area (Å²) in [6.45, 7) is 0.381. The summed E-state index contributed by atoms with van der Waals surface area (Å²) >= 11 is 0. The van der Waals surface area contributed by atoms with Crippen LogP contribution in [0.2, 0.25) is 0 Å². The van der Waals surface area contributed by atoms with Gasteiger partial charge in [0.25, 0.3) is 0 Å². The third-order valence-electron chi connectivity index (χ3n) is 2.17. The molecule has 0 fully saturated rings. The molecule has 0 amide bonds. The number of nitrogens with two attached hydrogens (primary N) is 2. The Kier molecular flexibility index (Phi) is 4.11. The highest BCUT2D eigenvalue weighted by Gasteiger charge is 2.19. The molecule has 0 saturated carbocycles. The summed E-state index contributed by atoms with van der Waals surface area (Å²) in [7, 11) is 0. The quantitative estimate of drug-likeness (QED) is 0.757. The van der Waals surface area contributed by atoms with Gasteiger partial charge in [0.2, 0.25) is 0 Å². The summed E-state index contributed by atoms with van der Waals surface area (Å²) in [6.07, 6.45) is 0.865. The van der Waals surface area contributed by atoms with Crippen LogP contribution in [0.1, 0.15) is 24.4 Å². The first kappa shape index (κ1) is 12.0. The third-order valence-corrected chi connectivity index (χ3v) is 2.17. The second-order valence-electron chi connectivity index (χ2n) is 3.29. The smallest absolute Gasteiger partial charge is 0.166 e. The van der Waals surface area contributed by atoms with Crippen molar-refractivity contribution in [2.75, 3.05) is 6.54 Å². The molecule has 0 aliphatic rings. The lowest BCUT2D eigenvalue weighted by Gasteiger charge is -2.13. The SMILES string of the molecule is NCCC[C@@H](N)c1c(F)ccc(F)c1F. The first-order valence-electron chi connectivity index (χ1n) is 4.67. The highest BCUT2D eigenvalue weighted by atomic mass is 19.2. The summed E-state index contributed by atoms with van der Waals surface area (Å²) in [5, 5.41) is 0. The molecule has 2 nitrogen and oxygen atoms in total. The monoisotopic (exact) mass is 218 g/mol. The van der Waals surface area contributed by atoms with Crippen molar-refractivity contribution in [3.63, 3.8) is 0 Å². The van der Waals surface area contributed by atoms with Gasteiger partial charge in [-0.1, -0.05) is 0 Å². The Morgan fingerprint density at radius 3 is 2.33 bits per heavy atom. The Bertz CT molecular complexity index is 342. The van der Waals surface area contributed by atoms with Gasteiger partial charge in [0.1, 0.15) is 5.82 Å². The molecule has 1 aromatic carbocycles. The Balaban J connectivity index is 2.96. The van der Waals surface area contributed by atoms with Crippen molar-refractivity contribution in [2.24, 2.45) is 11.5 Å². The third kappa shape index (κ3) is 2.70. The highest BCUT2D eigenvalue weighted by Crippen LogP contribution is 2.24. The Morgan fingerprint density at radius 2 is 1.73 bits per heavy atom. The van der Waals surface area contributed by atoms with Crippen molar-refractivity contribution >= 4 is 0 Å². The van der Waals surface area contributed by atoms with Crippen LogP contribution in [0.5, 0.6) is 0 Å². The van der Waals surface area contributed by atoms with E-state index in [2.05, 4.69) is 0 Å². The summed E-state index contributed by atoms with van der Waals surface area (Å²) in [4.78, 5) is 0. The van der Waals surface area contributed by atoms with E-state index in [0.717, 1.165) is 12.1 Å². The molecular weight excluding hydrogens is 205 g/mol. The van der Waals surface area contributed by atoms with Gasteiger partial charge in [-0.2, -0.15) is 0 Å². The molecule has 0 unspecified atom stereocenters. The van der Waals surface area contributed by atoms with E-state index in [4.69, 9.17) is 11.5 Å². The fourth-order valence-corrected chi connectivity index (χ4v) is 1.36. The number of halogens is 3. The Labute approximate surface area is 86.1 Å². The molecule has 4 N–H and O–H groups in total. The lowest BCUT2D eigenvalue weighted by molar-refractivity contribution is 0.456. The molecule has 0 aromatic heterocycles. The van der Waals surface area contributed by atoms with Gasteiger partial charge in [-0.3, -0.25) is 0 Å². The number of hydrogen-bond donors (Lipinski definition) is 2. The van der Waals surface area contributed by atoms with Gasteiger partial charge < -0.3 is 11.5 Å². The van der Waals surface area contributed by atoms with Crippen LogP contribution in [-0.2, 0) is 0 Å². The van der Waals surface area contributed by atoms with Crippen molar-refractivity contribution < 1.29 is 13.2 Å². The molecule has 0 spiro atoms. The van der Waals surface area contributed by atoms with Crippen LogP contribution in [0.15, 0.2) is 12.1 Å². The molecule has 0 aliphatic carbocycles. The van der Waals surface area contributed by atoms with E-state index in [1.54, 1.807) is 0 Å². The van der Waals surface area contributed by atoms with Crippen LogP contribution < -0.4 is 11.5 Å². The average Bonchev–Trinajstić information content (AvgIpc) is 2.21. The number of hydrogen-bond acceptors (Lipinski definition) is 2. The fraction of sp³-hybridized carbons (Fsp3) is 0.400. The Morgan fingerprint density at radius 1 is 1.13 bits per heavy atom. The predicted molar refractivity (Wildman–Crippen MR) is 51.5 cm³/mol. The van der Waals surface area contributed by atoms with Gasteiger partial charge in [0.15, 0.2) is 11.6 Å². The van der Waals surface area contributed by atoms with E-state index in [9.17, 15) is 13.2 Å². The fourth-order valence-electron chi connectivity index (χ4n) is 1.36. The van der Waals surface area contributed by atoms with Crippen LogP contribution in [0.25, 0.3) is 0 Å². The van der Waals surface area contributed by atoms with Crippen LogP contribution in [0.3, 0.4) is 0 Å².